The van der Waals surface area contributed by atoms with Crippen molar-refractivity contribution >= 4 is 46.1 Å². The second kappa shape index (κ2) is 9.65. The minimum absolute atomic E-state index is 0.0858. The van der Waals surface area contributed by atoms with E-state index in [0.717, 1.165) is 10.9 Å². The van der Waals surface area contributed by atoms with Crippen molar-refractivity contribution in [1.29, 1.82) is 0 Å². The van der Waals surface area contributed by atoms with Crippen molar-refractivity contribution in [2.24, 2.45) is 0 Å². The summed E-state index contributed by atoms with van der Waals surface area (Å²) in [5.41, 5.74) is 3.32. The predicted molar refractivity (Wildman–Crippen MR) is 130 cm³/mol. The Bertz CT molecular complexity index is 1340. The molecule has 0 aliphatic rings. The van der Waals surface area contributed by atoms with Crippen LogP contribution in [0, 0.1) is 0 Å². The van der Waals surface area contributed by atoms with Gasteiger partial charge in [-0.1, -0.05) is 36.4 Å². The molecule has 0 saturated heterocycles. The Kier molecular flexibility index (Phi) is 6.31. The number of aromatic amines is 1. The van der Waals surface area contributed by atoms with Crippen LogP contribution in [0.2, 0.25) is 0 Å². The van der Waals surface area contributed by atoms with Gasteiger partial charge in [-0.2, -0.15) is 0 Å². The standard InChI is InChI=1S/C26H22N4O3/c1-17(31)28-21-10-7-18(8-11-21)15-24(30-25(32)20-5-3-2-4-6-20)26(33)29-22-12-9-19-13-14-27-23(19)16-22/h2-16,27H,1H3,(H,28,31)(H,29,33)(H,30,32)/b24-15+. The monoisotopic (exact) mass is 438 g/mol. The van der Waals surface area contributed by atoms with Crippen LogP contribution in [0.25, 0.3) is 17.0 Å². The maximum absolute atomic E-state index is 13.1. The molecule has 0 aliphatic carbocycles. The summed E-state index contributed by atoms with van der Waals surface area (Å²) in [6, 6.07) is 23.1. The summed E-state index contributed by atoms with van der Waals surface area (Å²) in [5.74, 6) is -1.03. The molecular weight excluding hydrogens is 416 g/mol. The van der Waals surface area contributed by atoms with Gasteiger partial charge in [0.2, 0.25) is 5.91 Å². The molecular formula is C26H22N4O3. The lowest BCUT2D eigenvalue weighted by atomic mass is 10.1. The van der Waals surface area contributed by atoms with Crippen molar-refractivity contribution in [3.63, 3.8) is 0 Å². The fourth-order valence-electron chi connectivity index (χ4n) is 3.30. The van der Waals surface area contributed by atoms with E-state index in [4.69, 9.17) is 0 Å². The third-order valence-electron chi connectivity index (χ3n) is 4.88. The van der Waals surface area contributed by atoms with Crippen LogP contribution in [0.3, 0.4) is 0 Å². The van der Waals surface area contributed by atoms with Gasteiger partial charge in [0.25, 0.3) is 11.8 Å². The first-order valence-electron chi connectivity index (χ1n) is 10.3. The van der Waals surface area contributed by atoms with Gasteiger partial charge in [0.15, 0.2) is 0 Å². The number of carbonyl (C=O) groups is 3. The van der Waals surface area contributed by atoms with Crippen LogP contribution < -0.4 is 16.0 Å². The number of H-pyrrole nitrogens is 1. The molecule has 1 heterocycles. The number of aromatic nitrogens is 1. The molecule has 164 valence electrons. The van der Waals surface area contributed by atoms with E-state index in [0.29, 0.717) is 22.5 Å². The number of anilines is 2. The summed E-state index contributed by atoms with van der Waals surface area (Å²) in [6.07, 6.45) is 3.41. The quantitative estimate of drug-likeness (QED) is 0.332. The van der Waals surface area contributed by atoms with Crippen LogP contribution in [-0.2, 0) is 9.59 Å². The van der Waals surface area contributed by atoms with Gasteiger partial charge in [0.05, 0.1) is 0 Å². The molecule has 0 fully saturated rings. The Labute approximate surface area is 190 Å². The largest absolute Gasteiger partial charge is 0.361 e. The highest BCUT2D eigenvalue weighted by atomic mass is 16.2. The number of hydrogen-bond acceptors (Lipinski definition) is 3. The van der Waals surface area contributed by atoms with Gasteiger partial charge in [-0.15, -0.1) is 0 Å². The third kappa shape index (κ3) is 5.54. The molecule has 33 heavy (non-hydrogen) atoms. The van der Waals surface area contributed by atoms with Gasteiger partial charge in [-0.25, -0.2) is 0 Å². The highest BCUT2D eigenvalue weighted by Crippen LogP contribution is 2.19. The zero-order chi connectivity index (χ0) is 23.2. The Morgan fingerprint density at radius 3 is 2.27 bits per heavy atom. The van der Waals surface area contributed by atoms with Crippen molar-refractivity contribution in [3.05, 3.63) is 102 Å². The summed E-state index contributed by atoms with van der Waals surface area (Å²) >= 11 is 0. The summed E-state index contributed by atoms with van der Waals surface area (Å²) in [7, 11) is 0. The van der Waals surface area contributed by atoms with Crippen LogP contribution >= 0.6 is 0 Å². The van der Waals surface area contributed by atoms with E-state index in [1.54, 1.807) is 60.7 Å². The molecule has 0 radical (unpaired) electrons. The smallest absolute Gasteiger partial charge is 0.272 e. The summed E-state index contributed by atoms with van der Waals surface area (Å²) in [5, 5.41) is 9.28. The van der Waals surface area contributed by atoms with Gasteiger partial charge < -0.3 is 20.9 Å². The summed E-state index contributed by atoms with van der Waals surface area (Å²) < 4.78 is 0. The fourth-order valence-corrected chi connectivity index (χ4v) is 3.30. The lowest BCUT2D eigenvalue weighted by molar-refractivity contribution is -0.114. The Balaban J connectivity index is 1.60. The molecule has 0 aliphatic heterocycles. The Morgan fingerprint density at radius 1 is 0.818 bits per heavy atom. The van der Waals surface area contributed by atoms with Crippen molar-refractivity contribution in [3.8, 4) is 0 Å². The van der Waals surface area contributed by atoms with Crippen LogP contribution in [0.1, 0.15) is 22.8 Å². The molecule has 0 saturated carbocycles. The molecule has 0 bridgehead atoms. The Hall–Kier alpha value is -4.65. The number of fused-ring (bicyclic) bond motifs is 1. The highest BCUT2D eigenvalue weighted by molar-refractivity contribution is 6.11. The van der Waals surface area contributed by atoms with E-state index >= 15 is 0 Å². The first-order chi connectivity index (χ1) is 16.0. The van der Waals surface area contributed by atoms with Crippen molar-refractivity contribution in [1.82, 2.24) is 10.3 Å². The summed E-state index contributed by atoms with van der Waals surface area (Å²) in [6.45, 7) is 1.43. The number of carbonyl (C=O) groups excluding carboxylic acids is 3. The maximum Gasteiger partial charge on any atom is 0.272 e. The lowest BCUT2D eigenvalue weighted by Crippen LogP contribution is -2.30. The van der Waals surface area contributed by atoms with Gasteiger partial charge in [-0.3, -0.25) is 14.4 Å². The van der Waals surface area contributed by atoms with Gasteiger partial charge in [-0.05, 0) is 59.5 Å². The van der Waals surface area contributed by atoms with Gasteiger partial charge in [0.1, 0.15) is 5.70 Å². The first kappa shape index (κ1) is 21.6. The Morgan fingerprint density at radius 2 is 1.55 bits per heavy atom. The summed E-state index contributed by atoms with van der Waals surface area (Å²) in [4.78, 5) is 40.2. The van der Waals surface area contributed by atoms with E-state index in [9.17, 15) is 14.4 Å². The minimum atomic E-state index is -0.462. The second-order valence-corrected chi connectivity index (χ2v) is 7.42. The van der Waals surface area contributed by atoms with Crippen LogP contribution in [-0.4, -0.2) is 22.7 Å². The number of nitrogens with one attached hydrogen (secondary N) is 4. The van der Waals surface area contributed by atoms with Crippen LogP contribution in [0.15, 0.2) is 90.8 Å². The molecule has 4 aromatic rings. The molecule has 7 nitrogen and oxygen atoms in total. The third-order valence-corrected chi connectivity index (χ3v) is 4.88. The number of hydrogen-bond donors (Lipinski definition) is 4. The molecule has 0 unspecified atom stereocenters. The van der Waals surface area contributed by atoms with Crippen molar-refractivity contribution in [2.75, 3.05) is 10.6 Å². The van der Waals surface area contributed by atoms with Crippen molar-refractivity contribution in [2.45, 2.75) is 6.92 Å². The van der Waals surface area contributed by atoms with Crippen LogP contribution in [0.5, 0.6) is 0 Å². The lowest BCUT2D eigenvalue weighted by Gasteiger charge is -2.12. The molecule has 0 spiro atoms. The maximum atomic E-state index is 13.1. The first-order valence-corrected chi connectivity index (χ1v) is 10.3. The van der Waals surface area contributed by atoms with E-state index in [1.165, 1.54) is 6.92 Å². The SMILES string of the molecule is CC(=O)Nc1ccc(/C=C(/NC(=O)c2ccccc2)C(=O)Nc2ccc3cc[nH]c3c2)cc1. The van der Waals surface area contributed by atoms with Gasteiger partial charge >= 0.3 is 0 Å². The van der Waals surface area contributed by atoms with E-state index in [-0.39, 0.29) is 11.6 Å². The van der Waals surface area contributed by atoms with Crippen LogP contribution in [0.4, 0.5) is 11.4 Å². The molecule has 7 heteroatoms. The number of rotatable bonds is 6. The topological polar surface area (TPSA) is 103 Å². The predicted octanol–water partition coefficient (Wildman–Crippen LogP) is 4.54. The molecule has 0 atom stereocenters. The molecule has 3 amide bonds. The zero-order valence-corrected chi connectivity index (χ0v) is 17.9. The zero-order valence-electron chi connectivity index (χ0n) is 17.9. The number of benzene rings is 3. The van der Waals surface area contributed by atoms with E-state index in [2.05, 4.69) is 20.9 Å². The molecule has 1 aromatic heterocycles. The van der Waals surface area contributed by atoms with E-state index in [1.807, 2.05) is 30.5 Å². The fraction of sp³-hybridized carbons (Fsp3) is 0.0385. The highest BCUT2D eigenvalue weighted by Gasteiger charge is 2.15. The van der Waals surface area contributed by atoms with Gasteiger partial charge in [0, 0.05) is 35.6 Å². The van der Waals surface area contributed by atoms with E-state index < -0.39 is 11.8 Å². The molecule has 4 N–H and O–H groups in total. The second-order valence-electron chi connectivity index (χ2n) is 7.42. The average molecular weight is 438 g/mol. The van der Waals surface area contributed by atoms with Crippen molar-refractivity contribution < 1.29 is 14.4 Å². The average Bonchev–Trinajstić information content (AvgIpc) is 3.28. The molecule has 4 rings (SSSR count). The minimum Gasteiger partial charge on any atom is -0.361 e. The number of amides is 3. The normalized spacial score (nSPS) is 11.1. The molecule has 3 aromatic carbocycles.